The van der Waals surface area contributed by atoms with Crippen molar-refractivity contribution in [1.29, 1.82) is 0 Å². The van der Waals surface area contributed by atoms with Crippen LogP contribution in [0, 0.1) is 0 Å². The lowest BCUT2D eigenvalue weighted by Crippen LogP contribution is -2.04. The molecule has 1 heterocycles. The zero-order valence-corrected chi connectivity index (χ0v) is 9.77. The summed E-state index contributed by atoms with van der Waals surface area (Å²) in [6.07, 6.45) is 0. The van der Waals surface area contributed by atoms with Crippen molar-refractivity contribution in [2.75, 3.05) is 21.3 Å². The molecule has 90 valence electrons. The fraction of sp³-hybridized carbons (Fsp3) is 0.250. The number of fused-ring (bicyclic) bond motifs is 1. The highest BCUT2D eigenvalue weighted by atomic mass is 16.5. The SMILES string of the molecule is COc1ccc2cc(OC)c(=O)oc2c1OC. The maximum absolute atomic E-state index is 11.5. The molecule has 1 aromatic carbocycles. The van der Waals surface area contributed by atoms with Gasteiger partial charge in [0.15, 0.2) is 11.3 Å². The Balaban J connectivity index is 2.81. The van der Waals surface area contributed by atoms with Gasteiger partial charge in [0, 0.05) is 5.39 Å². The summed E-state index contributed by atoms with van der Waals surface area (Å²) in [6.45, 7) is 0. The molecule has 0 unspecified atom stereocenters. The van der Waals surface area contributed by atoms with Crippen LogP contribution in [0.5, 0.6) is 17.2 Å². The minimum Gasteiger partial charge on any atom is -0.493 e. The maximum Gasteiger partial charge on any atom is 0.379 e. The number of benzene rings is 1. The third-order valence-electron chi connectivity index (χ3n) is 2.43. The standard InChI is InChI=1S/C12H12O5/c1-14-8-5-4-7-6-9(15-2)12(13)17-10(7)11(8)16-3/h4-6H,1-3H3. The Morgan fingerprint density at radius 1 is 1.00 bits per heavy atom. The molecule has 1 aromatic heterocycles. The van der Waals surface area contributed by atoms with Crippen molar-refractivity contribution in [3.63, 3.8) is 0 Å². The van der Waals surface area contributed by atoms with Crippen LogP contribution in [0.25, 0.3) is 11.0 Å². The first kappa shape index (κ1) is 11.3. The lowest BCUT2D eigenvalue weighted by Gasteiger charge is -2.09. The van der Waals surface area contributed by atoms with E-state index < -0.39 is 5.63 Å². The number of hydrogen-bond donors (Lipinski definition) is 0. The van der Waals surface area contributed by atoms with Gasteiger partial charge in [0.2, 0.25) is 11.5 Å². The fourth-order valence-corrected chi connectivity index (χ4v) is 1.62. The van der Waals surface area contributed by atoms with Crippen LogP contribution in [0.2, 0.25) is 0 Å². The van der Waals surface area contributed by atoms with Gasteiger partial charge >= 0.3 is 5.63 Å². The highest BCUT2D eigenvalue weighted by Crippen LogP contribution is 2.35. The van der Waals surface area contributed by atoms with Gasteiger partial charge in [0.25, 0.3) is 0 Å². The van der Waals surface area contributed by atoms with Gasteiger partial charge in [-0.05, 0) is 18.2 Å². The molecule has 0 aliphatic rings. The minimum absolute atomic E-state index is 0.157. The molecule has 0 aliphatic heterocycles. The molecule has 0 fully saturated rings. The molecular weight excluding hydrogens is 224 g/mol. The molecular formula is C12H12O5. The summed E-state index contributed by atoms with van der Waals surface area (Å²) >= 11 is 0. The summed E-state index contributed by atoms with van der Waals surface area (Å²) in [5.41, 5.74) is -0.204. The van der Waals surface area contributed by atoms with Crippen molar-refractivity contribution in [3.8, 4) is 17.2 Å². The van der Waals surface area contributed by atoms with Gasteiger partial charge in [-0.2, -0.15) is 0 Å². The van der Waals surface area contributed by atoms with E-state index in [1.807, 2.05) is 0 Å². The van der Waals surface area contributed by atoms with E-state index in [0.29, 0.717) is 22.5 Å². The third kappa shape index (κ3) is 1.80. The summed E-state index contributed by atoms with van der Waals surface area (Å²) in [4.78, 5) is 11.5. The molecule has 0 N–H and O–H groups in total. The van der Waals surface area contributed by atoms with Crippen LogP contribution in [-0.2, 0) is 0 Å². The largest absolute Gasteiger partial charge is 0.493 e. The Bertz CT molecular complexity index is 600. The normalized spacial score (nSPS) is 10.3. The Hall–Kier alpha value is -2.17. The molecule has 17 heavy (non-hydrogen) atoms. The second kappa shape index (κ2) is 4.37. The Morgan fingerprint density at radius 3 is 2.29 bits per heavy atom. The quantitative estimate of drug-likeness (QED) is 0.761. The lowest BCUT2D eigenvalue weighted by atomic mass is 10.2. The van der Waals surface area contributed by atoms with Gasteiger partial charge in [-0.15, -0.1) is 0 Å². The minimum atomic E-state index is -0.549. The number of methoxy groups -OCH3 is 3. The van der Waals surface area contributed by atoms with Crippen molar-refractivity contribution in [3.05, 3.63) is 28.6 Å². The van der Waals surface area contributed by atoms with Crippen LogP contribution in [0.4, 0.5) is 0 Å². The van der Waals surface area contributed by atoms with Crippen LogP contribution in [0.15, 0.2) is 27.4 Å². The number of hydrogen-bond acceptors (Lipinski definition) is 5. The molecule has 5 heteroatoms. The molecule has 0 aliphatic carbocycles. The molecule has 2 rings (SSSR count). The highest BCUT2D eigenvalue weighted by Gasteiger charge is 2.14. The molecule has 2 aromatic rings. The highest BCUT2D eigenvalue weighted by molar-refractivity contribution is 5.86. The van der Waals surface area contributed by atoms with Gasteiger partial charge in [0.05, 0.1) is 21.3 Å². The van der Waals surface area contributed by atoms with E-state index in [4.69, 9.17) is 18.6 Å². The summed E-state index contributed by atoms with van der Waals surface area (Å²) in [5.74, 6) is 1.06. The number of ether oxygens (including phenoxy) is 3. The third-order valence-corrected chi connectivity index (χ3v) is 2.43. The van der Waals surface area contributed by atoms with E-state index in [2.05, 4.69) is 0 Å². The Kier molecular flexibility index (Phi) is 2.91. The zero-order valence-electron chi connectivity index (χ0n) is 9.77. The first-order valence-electron chi connectivity index (χ1n) is 4.94. The lowest BCUT2D eigenvalue weighted by molar-refractivity contribution is 0.348. The molecule has 0 saturated carbocycles. The summed E-state index contributed by atoms with van der Waals surface area (Å²) < 4.78 is 20.4. The number of rotatable bonds is 3. The zero-order chi connectivity index (χ0) is 12.4. The van der Waals surface area contributed by atoms with Crippen LogP contribution >= 0.6 is 0 Å². The first-order valence-corrected chi connectivity index (χ1v) is 4.94. The van der Waals surface area contributed by atoms with Gasteiger partial charge in [-0.1, -0.05) is 0 Å². The van der Waals surface area contributed by atoms with Crippen molar-refractivity contribution >= 4 is 11.0 Å². The van der Waals surface area contributed by atoms with Crippen molar-refractivity contribution < 1.29 is 18.6 Å². The van der Waals surface area contributed by atoms with E-state index in [-0.39, 0.29) is 5.75 Å². The van der Waals surface area contributed by atoms with Crippen molar-refractivity contribution in [2.24, 2.45) is 0 Å². The predicted octanol–water partition coefficient (Wildman–Crippen LogP) is 1.82. The molecule has 0 radical (unpaired) electrons. The molecule has 0 atom stereocenters. The van der Waals surface area contributed by atoms with Crippen LogP contribution in [0.3, 0.4) is 0 Å². The van der Waals surface area contributed by atoms with Gasteiger partial charge in [-0.3, -0.25) is 0 Å². The Labute approximate surface area is 97.5 Å². The van der Waals surface area contributed by atoms with Crippen LogP contribution in [0.1, 0.15) is 0 Å². The average molecular weight is 236 g/mol. The maximum atomic E-state index is 11.5. The van der Waals surface area contributed by atoms with Crippen molar-refractivity contribution in [2.45, 2.75) is 0 Å². The van der Waals surface area contributed by atoms with Crippen LogP contribution < -0.4 is 19.8 Å². The molecule has 5 nitrogen and oxygen atoms in total. The van der Waals surface area contributed by atoms with Crippen LogP contribution in [-0.4, -0.2) is 21.3 Å². The molecule has 0 spiro atoms. The topological polar surface area (TPSA) is 57.9 Å². The molecule has 0 saturated heterocycles. The van der Waals surface area contributed by atoms with E-state index in [1.54, 1.807) is 18.2 Å². The van der Waals surface area contributed by atoms with Crippen molar-refractivity contribution in [1.82, 2.24) is 0 Å². The predicted molar refractivity (Wildman–Crippen MR) is 62.1 cm³/mol. The second-order valence-corrected chi connectivity index (χ2v) is 3.32. The summed E-state index contributed by atoms with van der Waals surface area (Å²) in [6, 6.07) is 5.10. The smallest absolute Gasteiger partial charge is 0.379 e. The summed E-state index contributed by atoms with van der Waals surface area (Å²) in [7, 11) is 4.42. The molecule has 0 bridgehead atoms. The average Bonchev–Trinajstić information content (AvgIpc) is 2.36. The summed E-state index contributed by atoms with van der Waals surface area (Å²) in [5, 5.41) is 0.708. The van der Waals surface area contributed by atoms with E-state index in [0.717, 1.165) is 0 Å². The monoisotopic (exact) mass is 236 g/mol. The van der Waals surface area contributed by atoms with Gasteiger partial charge < -0.3 is 18.6 Å². The van der Waals surface area contributed by atoms with E-state index >= 15 is 0 Å². The fourth-order valence-electron chi connectivity index (χ4n) is 1.62. The Morgan fingerprint density at radius 2 is 1.71 bits per heavy atom. The van der Waals surface area contributed by atoms with Gasteiger partial charge in [0.1, 0.15) is 0 Å². The molecule has 0 amide bonds. The van der Waals surface area contributed by atoms with Gasteiger partial charge in [-0.25, -0.2) is 4.79 Å². The van der Waals surface area contributed by atoms with E-state index in [1.165, 1.54) is 21.3 Å². The second-order valence-electron chi connectivity index (χ2n) is 3.32. The first-order chi connectivity index (χ1) is 8.21. The van der Waals surface area contributed by atoms with E-state index in [9.17, 15) is 4.79 Å².